The Morgan fingerprint density at radius 2 is 2.20 bits per heavy atom. The smallest absolute Gasteiger partial charge is 0.227 e. The van der Waals surface area contributed by atoms with Gasteiger partial charge in [0.1, 0.15) is 0 Å². The molecule has 5 heteroatoms. The zero-order chi connectivity index (χ0) is 13.8. The van der Waals surface area contributed by atoms with Gasteiger partial charge in [0.05, 0.1) is 0 Å². The second kappa shape index (κ2) is 6.68. The second-order valence-electron chi connectivity index (χ2n) is 6.20. The van der Waals surface area contributed by atoms with E-state index in [1.807, 2.05) is 6.92 Å². The van der Waals surface area contributed by atoms with Crippen LogP contribution in [-0.4, -0.2) is 35.3 Å². The number of rotatable bonds is 5. The topological polar surface area (TPSA) is 63.0 Å². The van der Waals surface area contributed by atoms with Crippen molar-refractivity contribution in [3.63, 3.8) is 0 Å². The SMILES string of the molecule is Cc1noc(CCNC2CCCC2C2CCCCN2)n1. The molecule has 2 aliphatic rings. The molecule has 1 aromatic rings. The predicted molar refractivity (Wildman–Crippen MR) is 77.5 cm³/mol. The maximum absolute atomic E-state index is 5.16. The molecule has 1 aliphatic heterocycles. The van der Waals surface area contributed by atoms with E-state index in [4.69, 9.17) is 4.52 Å². The third-order valence-corrected chi connectivity index (χ3v) is 4.75. The lowest BCUT2D eigenvalue weighted by Gasteiger charge is -2.33. The molecule has 1 saturated carbocycles. The van der Waals surface area contributed by atoms with Gasteiger partial charge < -0.3 is 15.2 Å². The van der Waals surface area contributed by atoms with Crippen LogP contribution in [0.3, 0.4) is 0 Å². The van der Waals surface area contributed by atoms with E-state index in [0.29, 0.717) is 6.04 Å². The standard InChI is InChI=1S/C15H26N4O/c1-11-18-15(20-19-11)8-10-17-14-7-4-5-12(14)13-6-2-3-9-16-13/h12-14,16-17H,2-10H2,1H3. The fourth-order valence-corrected chi connectivity index (χ4v) is 3.77. The van der Waals surface area contributed by atoms with Crippen LogP contribution in [0.2, 0.25) is 0 Å². The number of hydrogen-bond donors (Lipinski definition) is 2. The van der Waals surface area contributed by atoms with Gasteiger partial charge in [-0.05, 0) is 45.1 Å². The minimum absolute atomic E-state index is 0.662. The molecule has 3 rings (SSSR count). The molecule has 20 heavy (non-hydrogen) atoms. The molecule has 2 heterocycles. The first kappa shape index (κ1) is 14.0. The van der Waals surface area contributed by atoms with E-state index in [0.717, 1.165) is 36.6 Å². The van der Waals surface area contributed by atoms with Gasteiger partial charge in [0.15, 0.2) is 5.82 Å². The Morgan fingerprint density at radius 3 is 2.95 bits per heavy atom. The highest BCUT2D eigenvalue weighted by molar-refractivity contribution is 4.93. The van der Waals surface area contributed by atoms with Crippen LogP contribution in [0, 0.1) is 12.8 Å². The first-order valence-corrected chi connectivity index (χ1v) is 8.09. The fourth-order valence-electron chi connectivity index (χ4n) is 3.77. The average molecular weight is 278 g/mol. The van der Waals surface area contributed by atoms with Crippen LogP contribution in [0.4, 0.5) is 0 Å². The fraction of sp³-hybridized carbons (Fsp3) is 0.867. The van der Waals surface area contributed by atoms with Crippen molar-refractivity contribution in [2.24, 2.45) is 5.92 Å². The zero-order valence-electron chi connectivity index (χ0n) is 12.4. The van der Waals surface area contributed by atoms with Crippen molar-refractivity contribution in [2.75, 3.05) is 13.1 Å². The van der Waals surface area contributed by atoms with Gasteiger partial charge >= 0.3 is 0 Å². The first-order valence-electron chi connectivity index (χ1n) is 8.09. The summed E-state index contributed by atoms with van der Waals surface area (Å²) in [6.45, 7) is 4.01. The van der Waals surface area contributed by atoms with Gasteiger partial charge in [0, 0.05) is 25.0 Å². The summed E-state index contributed by atoms with van der Waals surface area (Å²) in [4.78, 5) is 4.25. The number of nitrogens with zero attached hydrogens (tertiary/aromatic N) is 2. The summed E-state index contributed by atoms with van der Waals surface area (Å²) < 4.78 is 5.16. The molecule has 5 nitrogen and oxygen atoms in total. The lowest BCUT2D eigenvalue weighted by molar-refractivity contribution is 0.256. The lowest BCUT2D eigenvalue weighted by Crippen LogP contribution is -2.47. The van der Waals surface area contributed by atoms with Crippen molar-refractivity contribution in [2.45, 2.75) is 64.0 Å². The molecule has 1 aliphatic carbocycles. The lowest BCUT2D eigenvalue weighted by atomic mass is 9.88. The van der Waals surface area contributed by atoms with E-state index in [2.05, 4.69) is 20.8 Å². The number of nitrogens with one attached hydrogen (secondary N) is 2. The van der Waals surface area contributed by atoms with Crippen molar-refractivity contribution in [3.05, 3.63) is 11.7 Å². The molecule has 112 valence electrons. The Hall–Kier alpha value is -0.940. The molecular formula is C15H26N4O. The van der Waals surface area contributed by atoms with E-state index < -0.39 is 0 Å². The van der Waals surface area contributed by atoms with Crippen LogP contribution in [-0.2, 0) is 6.42 Å². The molecule has 0 amide bonds. The van der Waals surface area contributed by atoms with Gasteiger partial charge in [-0.2, -0.15) is 4.98 Å². The summed E-state index contributed by atoms with van der Waals surface area (Å²) in [5, 5.41) is 11.3. The molecule has 0 spiro atoms. The second-order valence-corrected chi connectivity index (χ2v) is 6.20. The third kappa shape index (κ3) is 3.38. The van der Waals surface area contributed by atoms with E-state index in [-0.39, 0.29) is 0 Å². The minimum atomic E-state index is 0.662. The van der Waals surface area contributed by atoms with Crippen LogP contribution in [0.1, 0.15) is 50.2 Å². The summed E-state index contributed by atoms with van der Waals surface area (Å²) in [6, 6.07) is 1.39. The highest BCUT2D eigenvalue weighted by Crippen LogP contribution is 2.31. The van der Waals surface area contributed by atoms with Crippen molar-refractivity contribution in [1.82, 2.24) is 20.8 Å². The highest BCUT2D eigenvalue weighted by Gasteiger charge is 2.33. The number of aryl methyl sites for hydroxylation is 1. The third-order valence-electron chi connectivity index (χ3n) is 4.75. The van der Waals surface area contributed by atoms with Gasteiger partial charge in [0.25, 0.3) is 0 Å². The zero-order valence-corrected chi connectivity index (χ0v) is 12.4. The Balaban J connectivity index is 1.46. The van der Waals surface area contributed by atoms with Crippen LogP contribution in [0.25, 0.3) is 0 Å². The van der Waals surface area contributed by atoms with E-state index in [9.17, 15) is 0 Å². The molecular weight excluding hydrogens is 252 g/mol. The van der Waals surface area contributed by atoms with Gasteiger partial charge in [-0.15, -0.1) is 0 Å². The van der Waals surface area contributed by atoms with E-state index in [1.54, 1.807) is 0 Å². The minimum Gasteiger partial charge on any atom is -0.339 e. The molecule has 2 N–H and O–H groups in total. The summed E-state index contributed by atoms with van der Waals surface area (Å²) >= 11 is 0. The quantitative estimate of drug-likeness (QED) is 0.860. The average Bonchev–Trinajstić information content (AvgIpc) is 3.09. The van der Waals surface area contributed by atoms with Crippen molar-refractivity contribution in [3.8, 4) is 0 Å². The molecule has 0 aromatic carbocycles. The van der Waals surface area contributed by atoms with E-state index >= 15 is 0 Å². The molecule has 1 saturated heterocycles. The van der Waals surface area contributed by atoms with Gasteiger partial charge in [-0.1, -0.05) is 18.0 Å². The first-order chi connectivity index (χ1) is 9.83. The highest BCUT2D eigenvalue weighted by atomic mass is 16.5. The van der Waals surface area contributed by atoms with Gasteiger partial charge in [-0.25, -0.2) is 0 Å². The summed E-state index contributed by atoms with van der Waals surface area (Å²) in [7, 11) is 0. The van der Waals surface area contributed by atoms with Gasteiger partial charge in [-0.3, -0.25) is 0 Å². The number of hydrogen-bond acceptors (Lipinski definition) is 5. The largest absolute Gasteiger partial charge is 0.339 e. The van der Waals surface area contributed by atoms with Crippen molar-refractivity contribution in [1.29, 1.82) is 0 Å². The number of aromatic nitrogens is 2. The molecule has 0 bridgehead atoms. The Labute approximate surface area is 120 Å². The Morgan fingerprint density at radius 1 is 1.25 bits per heavy atom. The Bertz CT molecular complexity index is 414. The van der Waals surface area contributed by atoms with Crippen LogP contribution >= 0.6 is 0 Å². The maximum Gasteiger partial charge on any atom is 0.227 e. The molecule has 3 unspecified atom stereocenters. The maximum atomic E-state index is 5.16. The van der Waals surface area contributed by atoms with Crippen LogP contribution in [0.15, 0.2) is 4.52 Å². The van der Waals surface area contributed by atoms with Crippen LogP contribution < -0.4 is 10.6 Å². The molecule has 0 radical (unpaired) electrons. The van der Waals surface area contributed by atoms with E-state index in [1.165, 1.54) is 45.1 Å². The Kier molecular flexibility index (Phi) is 4.68. The molecule has 1 aromatic heterocycles. The van der Waals surface area contributed by atoms with Gasteiger partial charge in [0.2, 0.25) is 5.89 Å². The van der Waals surface area contributed by atoms with Crippen LogP contribution in [0.5, 0.6) is 0 Å². The summed E-state index contributed by atoms with van der Waals surface area (Å²) in [6.07, 6.45) is 8.97. The van der Waals surface area contributed by atoms with Crippen molar-refractivity contribution >= 4 is 0 Å². The summed E-state index contributed by atoms with van der Waals surface area (Å²) in [5.74, 6) is 2.28. The van der Waals surface area contributed by atoms with Crippen molar-refractivity contribution < 1.29 is 4.52 Å². The number of piperidine rings is 1. The predicted octanol–water partition coefficient (Wildman–Crippen LogP) is 1.82. The molecule has 3 atom stereocenters. The monoisotopic (exact) mass is 278 g/mol. The summed E-state index contributed by atoms with van der Waals surface area (Å²) in [5.41, 5.74) is 0. The molecule has 2 fully saturated rings. The normalized spacial score (nSPS) is 30.8.